The molecule has 0 saturated carbocycles. The van der Waals surface area contributed by atoms with Crippen molar-refractivity contribution in [1.29, 1.82) is 0 Å². The Morgan fingerprint density at radius 2 is 2.04 bits per heavy atom. The first-order valence-corrected chi connectivity index (χ1v) is 8.82. The van der Waals surface area contributed by atoms with Crippen LogP contribution in [-0.2, 0) is 0 Å². The number of likely N-dealkylation sites (tertiary alicyclic amines) is 1. The summed E-state index contributed by atoms with van der Waals surface area (Å²) in [6.07, 6.45) is 1.18. The van der Waals surface area contributed by atoms with Crippen LogP contribution in [0, 0.1) is 5.92 Å². The first-order chi connectivity index (χ1) is 13.3. The summed E-state index contributed by atoms with van der Waals surface area (Å²) in [5.41, 5.74) is 2.59. The third kappa shape index (κ3) is 5.48. The summed E-state index contributed by atoms with van der Waals surface area (Å²) in [4.78, 5) is 18.1. The van der Waals surface area contributed by atoms with E-state index >= 15 is 0 Å². The number of anilines is 1. The fraction of sp³-hybridized carbons (Fsp3) is 0.300. The molecule has 1 saturated heterocycles. The molecule has 2 heterocycles. The Kier molecular flexibility index (Phi) is 5.87. The second-order valence-electron chi connectivity index (χ2n) is 6.61. The number of piperidine rings is 1. The van der Waals surface area contributed by atoms with Gasteiger partial charge in [-0.1, -0.05) is 30.7 Å². The highest BCUT2D eigenvalue weighted by Gasteiger charge is 2.31. The number of alkyl halides is 3. The number of benzene rings is 1. The second-order valence-corrected chi connectivity index (χ2v) is 6.61. The quantitative estimate of drug-likeness (QED) is 0.807. The van der Waals surface area contributed by atoms with Gasteiger partial charge in [0.05, 0.1) is 11.9 Å². The first-order valence-electron chi connectivity index (χ1n) is 8.82. The highest BCUT2D eigenvalue weighted by atomic mass is 19.4. The minimum Gasteiger partial charge on any atom is -0.406 e. The largest absolute Gasteiger partial charge is 0.573 e. The van der Waals surface area contributed by atoms with Gasteiger partial charge in [-0.25, -0.2) is 4.79 Å². The van der Waals surface area contributed by atoms with E-state index in [2.05, 4.69) is 15.0 Å². The number of rotatable bonds is 3. The van der Waals surface area contributed by atoms with Crippen LogP contribution in [0.1, 0.15) is 18.9 Å². The molecule has 0 aliphatic carbocycles. The van der Waals surface area contributed by atoms with Crippen molar-refractivity contribution >= 4 is 17.8 Å². The lowest BCUT2D eigenvalue weighted by Gasteiger charge is -2.33. The zero-order valence-corrected chi connectivity index (χ0v) is 15.2. The number of urea groups is 1. The molecule has 1 unspecified atom stereocenters. The fourth-order valence-corrected chi connectivity index (χ4v) is 3.07. The zero-order chi connectivity index (χ0) is 20.1. The monoisotopic (exact) mass is 391 g/mol. The molecule has 0 spiro atoms. The molecule has 1 aromatic carbocycles. The number of nitrogens with one attached hydrogen (secondary N) is 1. The minimum atomic E-state index is -4.70. The normalized spacial score (nSPS) is 18.8. The predicted molar refractivity (Wildman–Crippen MR) is 99.7 cm³/mol. The summed E-state index contributed by atoms with van der Waals surface area (Å²) in [5, 5.41) is 2.82. The number of amides is 2. The van der Waals surface area contributed by atoms with Crippen LogP contribution in [0.25, 0.3) is 6.08 Å². The minimum absolute atomic E-state index is 0.138. The Labute approximate surface area is 160 Å². The van der Waals surface area contributed by atoms with Gasteiger partial charge in [0.1, 0.15) is 5.75 Å². The lowest BCUT2D eigenvalue weighted by atomic mass is 9.91. The van der Waals surface area contributed by atoms with Gasteiger partial charge < -0.3 is 15.0 Å². The van der Waals surface area contributed by atoms with Gasteiger partial charge in [0.15, 0.2) is 0 Å². The number of pyridine rings is 1. The van der Waals surface area contributed by atoms with Crippen molar-refractivity contribution < 1.29 is 22.7 Å². The van der Waals surface area contributed by atoms with E-state index in [1.54, 1.807) is 41.6 Å². The molecular weight excluding hydrogens is 371 g/mol. The van der Waals surface area contributed by atoms with Crippen molar-refractivity contribution in [3.63, 3.8) is 0 Å². The van der Waals surface area contributed by atoms with Crippen LogP contribution in [0.15, 0.2) is 54.4 Å². The van der Waals surface area contributed by atoms with Crippen LogP contribution in [-0.4, -0.2) is 35.4 Å². The summed E-state index contributed by atoms with van der Waals surface area (Å²) in [6, 6.07) is 9.11. The molecule has 1 N–H and O–H groups in total. The molecule has 8 heteroatoms. The van der Waals surface area contributed by atoms with Gasteiger partial charge in [-0.05, 0) is 42.2 Å². The van der Waals surface area contributed by atoms with E-state index in [-0.39, 0.29) is 17.7 Å². The molecule has 148 valence electrons. The Morgan fingerprint density at radius 1 is 1.29 bits per heavy atom. The van der Waals surface area contributed by atoms with Crippen molar-refractivity contribution in [1.82, 2.24) is 9.88 Å². The van der Waals surface area contributed by atoms with Gasteiger partial charge in [0.2, 0.25) is 0 Å². The summed E-state index contributed by atoms with van der Waals surface area (Å²) in [6.45, 7) is 3.15. The molecule has 28 heavy (non-hydrogen) atoms. The molecular formula is C20H20F3N3O2. The van der Waals surface area contributed by atoms with Crippen molar-refractivity contribution in [3.05, 3.63) is 59.9 Å². The molecule has 3 rings (SSSR count). The SMILES string of the molecule is CC1CN(C(=O)Nc2cccnc2)CCC1=Cc1ccc(OC(F)(F)F)cc1. The van der Waals surface area contributed by atoms with Gasteiger partial charge in [-0.2, -0.15) is 0 Å². The molecule has 0 radical (unpaired) electrons. The maximum Gasteiger partial charge on any atom is 0.573 e. The molecule has 1 fully saturated rings. The van der Waals surface area contributed by atoms with E-state index in [4.69, 9.17) is 0 Å². The number of hydrogen-bond donors (Lipinski definition) is 1. The first kappa shape index (κ1) is 19.7. The summed E-state index contributed by atoms with van der Waals surface area (Å²) in [5.74, 6) is -0.107. The zero-order valence-electron chi connectivity index (χ0n) is 15.2. The van der Waals surface area contributed by atoms with Gasteiger partial charge in [-0.15, -0.1) is 13.2 Å². The molecule has 1 atom stereocenters. The summed E-state index contributed by atoms with van der Waals surface area (Å²) < 4.78 is 40.6. The third-order valence-corrected chi connectivity index (χ3v) is 4.46. The van der Waals surface area contributed by atoms with E-state index in [0.29, 0.717) is 25.2 Å². The van der Waals surface area contributed by atoms with Crippen LogP contribution >= 0.6 is 0 Å². The number of halogens is 3. The van der Waals surface area contributed by atoms with E-state index in [0.717, 1.165) is 11.1 Å². The van der Waals surface area contributed by atoms with Crippen molar-refractivity contribution in [2.75, 3.05) is 18.4 Å². The fourth-order valence-electron chi connectivity index (χ4n) is 3.07. The maximum absolute atomic E-state index is 12.4. The van der Waals surface area contributed by atoms with Crippen molar-refractivity contribution in [2.45, 2.75) is 19.7 Å². The molecule has 1 aliphatic heterocycles. The van der Waals surface area contributed by atoms with Crippen LogP contribution in [0.4, 0.5) is 23.7 Å². The van der Waals surface area contributed by atoms with Gasteiger partial charge in [0, 0.05) is 19.3 Å². The topological polar surface area (TPSA) is 54.5 Å². The number of ether oxygens (including phenoxy) is 1. The Morgan fingerprint density at radius 3 is 2.64 bits per heavy atom. The Bertz CT molecular complexity index is 836. The van der Waals surface area contributed by atoms with Gasteiger partial charge in [-0.3, -0.25) is 4.98 Å². The second kappa shape index (κ2) is 8.33. The third-order valence-electron chi connectivity index (χ3n) is 4.46. The maximum atomic E-state index is 12.4. The van der Waals surface area contributed by atoms with Crippen LogP contribution in [0.2, 0.25) is 0 Å². The number of hydrogen-bond acceptors (Lipinski definition) is 3. The van der Waals surface area contributed by atoms with E-state index < -0.39 is 6.36 Å². The smallest absolute Gasteiger partial charge is 0.406 e. The molecule has 2 aromatic rings. The number of aromatic nitrogens is 1. The number of carbonyl (C=O) groups excluding carboxylic acids is 1. The van der Waals surface area contributed by atoms with Crippen molar-refractivity contribution in [2.24, 2.45) is 5.92 Å². The van der Waals surface area contributed by atoms with Gasteiger partial charge >= 0.3 is 12.4 Å². The van der Waals surface area contributed by atoms with Crippen LogP contribution < -0.4 is 10.1 Å². The van der Waals surface area contributed by atoms with E-state index in [1.165, 1.54) is 12.1 Å². The van der Waals surface area contributed by atoms with E-state index in [1.807, 2.05) is 13.0 Å². The summed E-state index contributed by atoms with van der Waals surface area (Å²) in [7, 11) is 0. The molecule has 1 aromatic heterocycles. The lowest BCUT2D eigenvalue weighted by molar-refractivity contribution is -0.274. The van der Waals surface area contributed by atoms with Crippen molar-refractivity contribution in [3.8, 4) is 5.75 Å². The van der Waals surface area contributed by atoms with Gasteiger partial charge in [0.25, 0.3) is 0 Å². The Balaban J connectivity index is 1.59. The lowest BCUT2D eigenvalue weighted by Crippen LogP contribution is -2.42. The average molecular weight is 391 g/mol. The standard InChI is InChI=1S/C20H20F3N3O2/c1-14-13-26(19(27)25-17-3-2-9-24-12-17)10-8-16(14)11-15-4-6-18(7-5-15)28-20(21,22)23/h2-7,9,11-12,14H,8,10,13H2,1H3,(H,25,27). The number of carbonyl (C=O) groups is 1. The highest BCUT2D eigenvalue weighted by Crippen LogP contribution is 2.27. The van der Waals surface area contributed by atoms with Crippen LogP contribution in [0.5, 0.6) is 5.75 Å². The molecule has 2 amide bonds. The molecule has 0 bridgehead atoms. The van der Waals surface area contributed by atoms with E-state index in [9.17, 15) is 18.0 Å². The number of nitrogens with zero attached hydrogens (tertiary/aromatic N) is 2. The van der Waals surface area contributed by atoms with Crippen LogP contribution in [0.3, 0.4) is 0 Å². The highest BCUT2D eigenvalue weighted by molar-refractivity contribution is 5.89. The molecule has 1 aliphatic rings. The molecule has 5 nitrogen and oxygen atoms in total. The Hall–Kier alpha value is -3.03. The summed E-state index contributed by atoms with van der Waals surface area (Å²) >= 11 is 0. The average Bonchev–Trinajstić information content (AvgIpc) is 2.64. The predicted octanol–water partition coefficient (Wildman–Crippen LogP) is 4.94.